The second-order valence-corrected chi connectivity index (χ2v) is 4.37. The molecule has 1 saturated carbocycles. The molecule has 0 amide bonds. The van der Waals surface area contributed by atoms with Gasteiger partial charge >= 0.3 is 0 Å². The van der Waals surface area contributed by atoms with Crippen molar-refractivity contribution in [2.24, 2.45) is 5.92 Å². The van der Waals surface area contributed by atoms with Crippen molar-refractivity contribution in [1.82, 2.24) is 4.90 Å². The second kappa shape index (κ2) is 4.56. The van der Waals surface area contributed by atoms with E-state index in [0.717, 1.165) is 18.1 Å². The maximum Gasteiger partial charge on any atom is 0.119 e. The largest absolute Gasteiger partial charge is 0.497 e. The molecular weight excluding hydrogens is 200 g/mol. The molecule has 3 heteroatoms. The molecule has 0 aromatic heterocycles. The number of amidine groups is 1. The Labute approximate surface area is 96.5 Å². The monoisotopic (exact) mass is 218 g/mol. The lowest BCUT2D eigenvalue weighted by molar-refractivity contribution is 0.412. The number of nitrogens with one attached hydrogen (secondary N) is 1. The van der Waals surface area contributed by atoms with E-state index in [0.29, 0.717) is 5.92 Å². The zero-order valence-electron chi connectivity index (χ0n) is 9.86. The van der Waals surface area contributed by atoms with Gasteiger partial charge in [0.1, 0.15) is 5.75 Å². The molecule has 0 radical (unpaired) electrons. The Hall–Kier alpha value is -1.51. The lowest BCUT2D eigenvalue weighted by atomic mass is 10.2. The number of ether oxygens (including phenoxy) is 1. The van der Waals surface area contributed by atoms with Gasteiger partial charge in [-0.15, -0.1) is 0 Å². The van der Waals surface area contributed by atoms with Crippen LogP contribution in [0, 0.1) is 11.3 Å². The summed E-state index contributed by atoms with van der Waals surface area (Å²) in [6, 6.07) is 8.02. The van der Waals surface area contributed by atoms with Crippen molar-refractivity contribution in [3.8, 4) is 5.75 Å². The van der Waals surface area contributed by atoms with Crippen LogP contribution in [0.1, 0.15) is 18.4 Å². The third-order valence-electron chi connectivity index (χ3n) is 2.93. The maximum absolute atomic E-state index is 7.95. The topological polar surface area (TPSA) is 36.3 Å². The van der Waals surface area contributed by atoms with Gasteiger partial charge < -0.3 is 9.64 Å². The molecule has 0 heterocycles. The summed E-state index contributed by atoms with van der Waals surface area (Å²) in [5, 5.41) is 7.95. The highest BCUT2D eigenvalue weighted by molar-refractivity contribution is 5.83. The van der Waals surface area contributed by atoms with E-state index < -0.39 is 0 Å². The molecule has 86 valence electrons. The van der Waals surface area contributed by atoms with E-state index in [1.54, 1.807) is 7.11 Å². The summed E-state index contributed by atoms with van der Waals surface area (Å²) in [6.45, 7) is 0.784. The summed E-state index contributed by atoms with van der Waals surface area (Å²) < 4.78 is 5.18. The van der Waals surface area contributed by atoms with Crippen molar-refractivity contribution in [2.75, 3.05) is 14.2 Å². The summed E-state index contributed by atoms with van der Waals surface area (Å²) in [7, 11) is 3.66. The number of hydrogen-bond donors (Lipinski definition) is 1. The lowest BCUT2D eigenvalue weighted by Gasteiger charge is -2.20. The number of benzene rings is 1. The molecule has 1 aromatic carbocycles. The van der Waals surface area contributed by atoms with Gasteiger partial charge in [0.05, 0.1) is 12.9 Å². The molecule has 1 aliphatic rings. The summed E-state index contributed by atoms with van der Waals surface area (Å²) in [6.07, 6.45) is 2.36. The fourth-order valence-electron chi connectivity index (χ4n) is 1.80. The standard InChI is InChI=1S/C13H18N2O/c1-15(13(14)11-6-7-11)9-10-4-3-5-12(8-10)16-2/h3-5,8,11,14H,6-7,9H2,1-2H3. The van der Waals surface area contributed by atoms with Crippen molar-refractivity contribution < 1.29 is 4.74 Å². The van der Waals surface area contributed by atoms with E-state index in [4.69, 9.17) is 10.1 Å². The Morgan fingerprint density at radius 3 is 2.88 bits per heavy atom. The van der Waals surface area contributed by atoms with Crippen molar-refractivity contribution in [3.05, 3.63) is 29.8 Å². The first-order valence-electron chi connectivity index (χ1n) is 5.63. The molecule has 3 nitrogen and oxygen atoms in total. The predicted molar refractivity (Wildman–Crippen MR) is 64.9 cm³/mol. The fraction of sp³-hybridized carbons (Fsp3) is 0.462. The van der Waals surface area contributed by atoms with Crippen LogP contribution in [0.2, 0.25) is 0 Å². The van der Waals surface area contributed by atoms with Crippen molar-refractivity contribution in [2.45, 2.75) is 19.4 Å². The SMILES string of the molecule is COc1cccc(CN(C)C(=N)C2CC2)c1. The third-order valence-corrected chi connectivity index (χ3v) is 2.93. The lowest BCUT2D eigenvalue weighted by Crippen LogP contribution is -2.26. The van der Waals surface area contributed by atoms with Gasteiger partial charge in [-0.2, -0.15) is 0 Å². The smallest absolute Gasteiger partial charge is 0.119 e. The van der Waals surface area contributed by atoms with Gasteiger partial charge in [-0.1, -0.05) is 12.1 Å². The van der Waals surface area contributed by atoms with Gasteiger partial charge in [0, 0.05) is 19.5 Å². The molecule has 1 fully saturated rings. The van der Waals surface area contributed by atoms with Crippen LogP contribution in [-0.2, 0) is 6.54 Å². The molecule has 0 spiro atoms. The van der Waals surface area contributed by atoms with Crippen LogP contribution in [0.3, 0.4) is 0 Å². The Balaban J connectivity index is 1.99. The molecule has 0 unspecified atom stereocenters. The van der Waals surface area contributed by atoms with Crippen LogP contribution in [0.5, 0.6) is 5.75 Å². The average molecular weight is 218 g/mol. The highest BCUT2D eigenvalue weighted by atomic mass is 16.5. The van der Waals surface area contributed by atoms with Crippen LogP contribution in [0.25, 0.3) is 0 Å². The minimum absolute atomic E-state index is 0.510. The number of rotatable bonds is 4. The quantitative estimate of drug-likeness (QED) is 0.622. The van der Waals surface area contributed by atoms with E-state index in [1.807, 2.05) is 30.1 Å². The zero-order valence-corrected chi connectivity index (χ0v) is 9.86. The van der Waals surface area contributed by atoms with Crippen molar-refractivity contribution >= 4 is 5.84 Å². The first kappa shape index (κ1) is 11.0. The van der Waals surface area contributed by atoms with Crippen LogP contribution in [-0.4, -0.2) is 24.9 Å². The van der Waals surface area contributed by atoms with Gasteiger partial charge in [-0.05, 0) is 30.5 Å². The van der Waals surface area contributed by atoms with Crippen LogP contribution < -0.4 is 4.74 Å². The van der Waals surface area contributed by atoms with Gasteiger partial charge in [0.25, 0.3) is 0 Å². The first-order valence-corrected chi connectivity index (χ1v) is 5.63. The Morgan fingerprint density at radius 1 is 1.50 bits per heavy atom. The van der Waals surface area contributed by atoms with Crippen molar-refractivity contribution in [3.63, 3.8) is 0 Å². The Kier molecular flexibility index (Phi) is 3.13. The molecule has 0 bridgehead atoms. The van der Waals surface area contributed by atoms with E-state index in [1.165, 1.54) is 18.4 Å². The summed E-state index contributed by atoms with van der Waals surface area (Å²) >= 11 is 0. The minimum Gasteiger partial charge on any atom is -0.497 e. The molecule has 0 saturated heterocycles. The molecule has 1 N–H and O–H groups in total. The summed E-state index contributed by atoms with van der Waals surface area (Å²) in [5.74, 6) is 2.15. The molecular formula is C13H18N2O. The van der Waals surface area contributed by atoms with Gasteiger partial charge in [-0.25, -0.2) is 0 Å². The van der Waals surface area contributed by atoms with Crippen LogP contribution >= 0.6 is 0 Å². The highest BCUT2D eigenvalue weighted by Gasteiger charge is 2.28. The third kappa shape index (κ3) is 2.54. The summed E-state index contributed by atoms with van der Waals surface area (Å²) in [4.78, 5) is 2.02. The minimum atomic E-state index is 0.510. The van der Waals surface area contributed by atoms with Gasteiger partial charge in [-0.3, -0.25) is 5.41 Å². The maximum atomic E-state index is 7.95. The van der Waals surface area contributed by atoms with E-state index in [-0.39, 0.29) is 0 Å². The normalized spacial score (nSPS) is 14.6. The molecule has 16 heavy (non-hydrogen) atoms. The van der Waals surface area contributed by atoms with E-state index >= 15 is 0 Å². The van der Waals surface area contributed by atoms with Gasteiger partial charge in [0.2, 0.25) is 0 Å². The van der Waals surface area contributed by atoms with E-state index in [2.05, 4.69) is 6.07 Å². The first-order chi connectivity index (χ1) is 7.70. The zero-order chi connectivity index (χ0) is 11.5. The predicted octanol–water partition coefficient (Wildman–Crippen LogP) is 2.51. The summed E-state index contributed by atoms with van der Waals surface area (Å²) in [5.41, 5.74) is 1.19. The number of nitrogens with zero attached hydrogens (tertiary/aromatic N) is 1. The van der Waals surface area contributed by atoms with Crippen LogP contribution in [0.15, 0.2) is 24.3 Å². The Morgan fingerprint density at radius 2 is 2.25 bits per heavy atom. The fourth-order valence-corrected chi connectivity index (χ4v) is 1.80. The molecule has 0 atom stereocenters. The number of hydrogen-bond acceptors (Lipinski definition) is 2. The van der Waals surface area contributed by atoms with Crippen LogP contribution in [0.4, 0.5) is 0 Å². The average Bonchev–Trinajstić information content (AvgIpc) is 3.12. The molecule has 1 aliphatic carbocycles. The van der Waals surface area contributed by atoms with Gasteiger partial charge in [0.15, 0.2) is 0 Å². The number of methoxy groups -OCH3 is 1. The molecule has 2 rings (SSSR count). The molecule has 1 aromatic rings. The van der Waals surface area contributed by atoms with Crippen molar-refractivity contribution in [1.29, 1.82) is 5.41 Å². The van der Waals surface area contributed by atoms with E-state index in [9.17, 15) is 0 Å². The highest BCUT2D eigenvalue weighted by Crippen LogP contribution is 2.31. The second-order valence-electron chi connectivity index (χ2n) is 4.37. The molecule has 0 aliphatic heterocycles. The Bertz CT molecular complexity index is 385.